The summed E-state index contributed by atoms with van der Waals surface area (Å²) in [6.07, 6.45) is 1.20. The van der Waals surface area contributed by atoms with Gasteiger partial charge >= 0.3 is 0 Å². The lowest BCUT2D eigenvalue weighted by Crippen LogP contribution is -2.01. The van der Waals surface area contributed by atoms with Gasteiger partial charge in [0, 0.05) is 0 Å². The van der Waals surface area contributed by atoms with Crippen molar-refractivity contribution in [1.29, 1.82) is 0 Å². The Morgan fingerprint density at radius 3 is 2.21 bits per heavy atom. The number of benzene rings is 1. The molecule has 0 aliphatic rings. The van der Waals surface area contributed by atoms with Crippen LogP contribution in [0.3, 0.4) is 0 Å². The highest BCUT2D eigenvalue weighted by Crippen LogP contribution is 2.23. The van der Waals surface area contributed by atoms with Gasteiger partial charge in [-0.1, -0.05) is 51.5 Å². The molecule has 0 fully saturated rings. The summed E-state index contributed by atoms with van der Waals surface area (Å²) in [7, 11) is 0. The molecule has 0 atom stereocenters. The summed E-state index contributed by atoms with van der Waals surface area (Å²) in [5.74, 6) is 1.39. The number of aryl methyl sites for hydroxylation is 1. The summed E-state index contributed by atoms with van der Waals surface area (Å²) in [6, 6.07) is 6.85. The van der Waals surface area contributed by atoms with E-state index in [4.69, 9.17) is 0 Å². The van der Waals surface area contributed by atoms with E-state index in [-0.39, 0.29) is 0 Å². The van der Waals surface area contributed by atoms with Gasteiger partial charge in [0.2, 0.25) is 0 Å². The smallest absolute Gasteiger partial charge is 0.0216 e. The molecule has 0 spiro atoms. The zero-order valence-electron chi connectivity index (χ0n) is 10.1. The summed E-state index contributed by atoms with van der Waals surface area (Å²) in [6.45, 7) is 11.3. The van der Waals surface area contributed by atoms with Crippen LogP contribution < -0.4 is 0 Å². The van der Waals surface area contributed by atoms with Gasteiger partial charge in [0.15, 0.2) is 0 Å². The minimum atomic E-state index is 0.643. The molecule has 0 bridgehead atoms. The second kappa shape index (κ2) is 4.63. The molecule has 1 aromatic carbocycles. The van der Waals surface area contributed by atoms with E-state index < -0.39 is 0 Å². The van der Waals surface area contributed by atoms with Gasteiger partial charge in [-0.25, -0.2) is 0 Å². The van der Waals surface area contributed by atoms with E-state index in [1.165, 1.54) is 23.1 Å². The molecule has 0 radical (unpaired) electrons. The predicted octanol–water partition coefficient (Wildman–Crippen LogP) is 4.32. The molecule has 0 unspecified atom stereocenters. The topological polar surface area (TPSA) is 0 Å². The first-order valence-corrected chi connectivity index (χ1v) is 5.60. The van der Waals surface area contributed by atoms with E-state index in [0.717, 1.165) is 5.92 Å². The molecule has 0 heteroatoms. The van der Waals surface area contributed by atoms with Gasteiger partial charge in [0.1, 0.15) is 0 Å². The van der Waals surface area contributed by atoms with Crippen LogP contribution in [0.4, 0.5) is 0 Å². The highest BCUT2D eigenvalue weighted by molar-refractivity contribution is 5.33. The fourth-order valence-corrected chi connectivity index (χ4v) is 1.91. The molecule has 1 rings (SSSR count). The van der Waals surface area contributed by atoms with Crippen LogP contribution >= 0.6 is 0 Å². The Balaban J connectivity index is 3.03. The minimum absolute atomic E-state index is 0.643. The molecule has 0 aliphatic carbocycles. The molecule has 78 valence electrons. The molecule has 0 heterocycles. The van der Waals surface area contributed by atoms with Crippen LogP contribution in [-0.2, 0) is 6.42 Å². The van der Waals surface area contributed by atoms with Crippen molar-refractivity contribution < 1.29 is 0 Å². The van der Waals surface area contributed by atoms with E-state index in [9.17, 15) is 0 Å². The Labute approximate surface area is 88.4 Å². The van der Waals surface area contributed by atoms with Crippen LogP contribution in [0.5, 0.6) is 0 Å². The van der Waals surface area contributed by atoms with Crippen molar-refractivity contribution in [2.45, 2.75) is 47.0 Å². The van der Waals surface area contributed by atoms with Gasteiger partial charge in [0.25, 0.3) is 0 Å². The average Bonchev–Trinajstić information content (AvgIpc) is 2.01. The summed E-state index contributed by atoms with van der Waals surface area (Å²) in [5.41, 5.74) is 4.43. The van der Waals surface area contributed by atoms with Gasteiger partial charge in [0.05, 0.1) is 0 Å². The summed E-state index contributed by atoms with van der Waals surface area (Å²) >= 11 is 0. The molecule has 0 N–H and O–H groups in total. The monoisotopic (exact) mass is 190 g/mol. The summed E-state index contributed by atoms with van der Waals surface area (Å²) in [5, 5.41) is 0. The maximum Gasteiger partial charge on any atom is -0.0216 e. The van der Waals surface area contributed by atoms with Crippen molar-refractivity contribution in [2.24, 2.45) is 5.92 Å². The molecule has 1 aromatic rings. The lowest BCUT2D eigenvalue weighted by molar-refractivity contribution is 0.638. The third-order valence-electron chi connectivity index (χ3n) is 2.55. The largest absolute Gasteiger partial charge is 0.0625 e. The number of hydrogen-bond donors (Lipinski definition) is 0. The van der Waals surface area contributed by atoms with Crippen LogP contribution in [0, 0.1) is 12.8 Å². The first-order chi connectivity index (χ1) is 6.50. The highest BCUT2D eigenvalue weighted by Gasteiger charge is 2.07. The maximum atomic E-state index is 2.34. The van der Waals surface area contributed by atoms with E-state index in [2.05, 4.69) is 52.8 Å². The normalized spacial score (nSPS) is 11.4. The lowest BCUT2D eigenvalue weighted by atomic mass is 9.91. The fraction of sp³-hybridized carbons (Fsp3) is 0.571. The SMILES string of the molecule is Cc1ccc(C(C)C)c(CC(C)C)c1. The highest BCUT2D eigenvalue weighted by atomic mass is 14.1. The van der Waals surface area contributed by atoms with Crippen LogP contribution in [0.25, 0.3) is 0 Å². The number of hydrogen-bond acceptors (Lipinski definition) is 0. The van der Waals surface area contributed by atoms with Gasteiger partial charge in [-0.2, -0.15) is 0 Å². The molecule has 0 amide bonds. The lowest BCUT2D eigenvalue weighted by Gasteiger charge is -2.15. The van der Waals surface area contributed by atoms with Crippen LogP contribution in [-0.4, -0.2) is 0 Å². The van der Waals surface area contributed by atoms with Crippen molar-refractivity contribution >= 4 is 0 Å². The Morgan fingerprint density at radius 1 is 1.07 bits per heavy atom. The van der Waals surface area contributed by atoms with E-state index in [1.807, 2.05) is 0 Å². The Morgan fingerprint density at radius 2 is 1.71 bits per heavy atom. The summed E-state index contributed by atoms with van der Waals surface area (Å²) in [4.78, 5) is 0. The standard InChI is InChI=1S/C14H22/c1-10(2)8-13-9-12(5)6-7-14(13)11(3)4/h6-7,9-11H,8H2,1-5H3. The van der Waals surface area contributed by atoms with Crippen molar-refractivity contribution in [3.05, 3.63) is 34.9 Å². The molecule has 0 aromatic heterocycles. The second-order valence-electron chi connectivity index (χ2n) is 4.95. The zero-order chi connectivity index (χ0) is 10.7. The fourth-order valence-electron chi connectivity index (χ4n) is 1.91. The second-order valence-corrected chi connectivity index (χ2v) is 4.95. The third-order valence-corrected chi connectivity index (χ3v) is 2.55. The van der Waals surface area contributed by atoms with E-state index in [1.54, 1.807) is 0 Å². The Bertz CT molecular complexity index is 295. The van der Waals surface area contributed by atoms with E-state index in [0.29, 0.717) is 5.92 Å². The molecule has 0 saturated heterocycles. The van der Waals surface area contributed by atoms with Gasteiger partial charge in [-0.3, -0.25) is 0 Å². The predicted molar refractivity (Wildman–Crippen MR) is 63.8 cm³/mol. The first-order valence-electron chi connectivity index (χ1n) is 5.60. The zero-order valence-corrected chi connectivity index (χ0v) is 10.1. The molecular formula is C14H22. The number of rotatable bonds is 3. The molecular weight excluding hydrogens is 168 g/mol. The van der Waals surface area contributed by atoms with Crippen LogP contribution in [0.1, 0.15) is 50.3 Å². The maximum absolute atomic E-state index is 2.34. The van der Waals surface area contributed by atoms with Gasteiger partial charge in [-0.05, 0) is 36.3 Å². The van der Waals surface area contributed by atoms with E-state index >= 15 is 0 Å². The van der Waals surface area contributed by atoms with Crippen LogP contribution in [0.2, 0.25) is 0 Å². The Hall–Kier alpha value is -0.780. The van der Waals surface area contributed by atoms with Crippen LogP contribution in [0.15, 0.2) is 18.2 Å². The Kier molecular flexibility index (Phi) is 3.74. The minimum Gasteiger partial charge on any atom is -0.0625 e. The van der Waals surface area contributed by atoms with Crippen molar-refractivity contribution in [3.63, 3.8) is 0 Å². The molecule has 0 saturated carbocycles. The first kappa shape index (κ1) is 11.3. The third kappa shape index (κ3) is 2.87. The quantitative estimate of drug-likeness (QED) is 0.666. The average molecular weight is 190 g/mol. The van der Waals surface area contributed by atoms with Crippen molar-refractivity contribution in [2.75, 3.05) is 0 Å². The van der Waals surface area contributed by atoms with Gasteiger partial charge in [-0.15, -0.1) is 0 Å². The van der Waals surface area contributed by atoms with Crippen molar-refractivity contribution in [3.8, 4) is 0 Å². The molecule has 0 aliphatic heterocycles. The summed E-state index contributed by atoms with van der Waals surface area (Å²) < 4.78 is 0. The van der Waals surface area contributed by atoms with Gasteiger partial charge < -0.3 is 0 Å². The molecule has 14 heavy (non-hydrogen) atoms. The molecule has 0 nitrogen and oxygen atoms in total. The van der Waals surface area contributed by atoms with Crippen molar-refractivity contribution in [1.82, 2.24) is 0 Å².